The van der Waals surface area contributed by atoms with Crippen LogP contribution in [0.3, 0.4) is 0 Å². The van der Waals surface area contributed by atoms with Gasteiger partial charge in [0.05, 0.1) is 26.4 Å². The first kappa shape index (κ1) is 104. The van der Waals surface area contributed by atoms with Gasteiger partial charge in [-0.15, -0.1) is 0 Å². The molecule has 0 radical (unpaired) electrons. The van der Waals surface area contributed by atoms with Crippen molar-refractivity contribution in [1.29, 1.82) is 0 Å². The summed E-state index contributed by atoms with van der Waals surface area (Å²) in [7, 11) is -9.93. The van der Waals surface area contributed by atoms with Crippen LogP contribution in [0.2, 0.25) is 0 Å². The number of unbranched alkanes of at least 4 members (excludes halogenated alkanes) is 59. The molecule has 0 aliphatic rings. The molecule has 17 nitrogen and oxygen atoms in total. The third-order valence-corrected chi connectivity index (χ3v) is 22.4. The number of hydrogen-bond acceptors (Lipinski definition) is 15. The number of aliphatic hydroxyl groups is 1. The van der Waals surface area contributed by atoms with E-state index in [4.69, 9.17) is 37.0 Å². The van der Waals surface area contributed by atoms with Crippen molar-refractivity contribution in [1.82, 2.24) is 0 Å². The van der Waals surface area contributed by atoms with Crippen LogP contribution in [-0.2, 0) is 65.4 Å². The van der Waals surface area contributed by atoms with E-state index in [9.17, 15) is 43.2 Å². The number of phosphoric ester groups is 2. The highest BCUT2D eigenvalue weighted by Gasteiger charge is 2.30. The van der Waals surface area contributed by atoms with Crippen LogP contribution in [0.4, 0.5) is 0 Å². The van der Waals surface area contributed by atoms with Crippen LogP contribution >= 0.6 is 15.6 Å². The van der Waals surface area contributed by atoms with E-state index in [2.05, 4.69) is 34.6 Å². The third kappa shape index (κ3) is 80.1. The minimum atomic E-state index is -4.97. The second kappa shape index (κ2) is 79.7. The lowest BCUT2D eigenvalue weighted by Gasteiger charge is -2.21. The van der Waals surface area contributed by atoms with Crippen molar-refractivity contribution in [3.05, 3.63) is 0 Å². The topological polar surface area (TPSA) is 237 Å². The predicted molar refractivity (Wildman–Crippen MR) is 437 cm³/mol. The fourth-order valence-corrected chi connectivity index (χ4v) is 15.2. The molecule has 0 aromatic rings. The molecule has 106 heavy (non-hydrogen) atoms. The van der Waals surface area contributed by atoms with Crippen LogP contribution in [-0.4, -0.2) is 96.7 Å². The Kier molecular flexibility index (Phi) is 78.2. The van der Waals surface area contributed by atoms with Gasteiger partial charge >= 0.3 is 39.5 Å². The monoisotopic (exact) mass is 1550 g/mol. The minimum absolute atomic E-state index is 0.108. The zero-order valence-electron chi connectivity index (χ0n) is 69.6. The molecular weight excluding hydrogens is 1380 g/mol. The van der Waals surface area contributed by atoms with Gasteiger partial charge in [-0.3, -0.25) is 37.3 Å². The second-order valence-corrected chi connectivity index (χ2v) is 34.7. The Hall–Kier alpha value is -1.94. The minimum Gasteiger partial charge on any atom is -0.462 e. The summed E-state index contributed by atoms with van der Waals surface area (Å²) in [5.41, 5.74) is 0. The van der Waals surface area contributed by atoms with Gasteiger partial charge in [-0.25, -0.2) is 9.13 Å². The van der Waals surface area contributed by atoms with Crippen molar-refractivity contribution < 1.29 is 80.2 Å². The largest absolute Gasteiger partial charge is 0.472 e. The Morgan fingerprint density at radius 2 is 0.434 bits per heavy atom. The zero-order valence-corrected chi connectivity index (χ0v) is 71.4. The maximum Gasteiger partial charge on any atom is 0.472 e. The predicted octanol–water partition coefficient (Wildman–Crippen LogP) is 26.8. The first-order chi connectivity index (χ1) is 51.5. The maximum absolute atomic E-state index is 13.2. The van der Waals surface area contributed by atoms with E-state index in [-0.39, 0.29) is 25.7 Å². The number of aliphatic hydroxyl groups excluding tert-OH is 1. The lowest BCUT2D eigenvalue weighted by atomic mass is 10.0. The first-order valence-corrected chi connectivity index (χ1v) is 48.1. The van der Waals surface area contributed by atoms with E-state index in [0.717, 1.165) is 95.8 Å². The van der Waals surface area contributed by atoms with Crippen LogP contribution in [0.5, 0.6) is 0 Å². The Bertz CT molecular complexity index is 2010. The van der Waals surface area contributed by atoms with Crippen LogP contribution < -0.4 is 0 Å². The van der Waals surface area contributed by atoms with E-state index in [1.54, 1.807) is 0 Å². The van der Waals surface area contributed by atoms with Gasteiger partial charge < -0.3 is 33.8 Å². The van der Waals surface area contributed by atoms with Gasteiger partial charge in [0.2, 0.25) is 0 Å². The van der Waals surface area contributed by atoms with Crippen LogP contribution in [0.1, 0.15) is 471 Å². The number of carbonyl (C=O) groups is 4. The number of rotatable bonds is 87. The van der Waals surface area contributed by atoms with Crippen molar-refractivity contribution in [2.45, 2.75) is 490 Å². The van der Waals surface area contributed by atoms with E-state index in [1.807, 2.05) is 0 Å². The van der Waals surface area contributed by atoms with Gasteiger partial charge in [-0.1, -0.05) is 420 Å². The lowest BCUT2D eigenvalue weighted by molar-refractivity contribution is -0.161. The molecule has 630 valence electrons. The van der Waals surface area contributed by atoms with Crippen molar-refractivity contribution in [3.63, 3.8) is 0 Å². The molecule has 0 heterocycles. The molecule has 0 amide bonds. The molecule has 5 atom stereocenters. The van der Waals surface area contributed by atoms with Crippen molar-refractivity contribution >= 4 is 39.5 Å². The van der Waals surface area contributed by atoms with E-state index in [0.29, 0.717) is 25.7 Å². The Labute approximate surface area is 651 Å². The molecule has 0 saturated carbocycles. The first-order valence-electron chi connectivity index (χ1n) is 45.1. The number of esters is 4. The lowest BCUT2D eigenvalue weighted by Crippen LogP contribution is -2.30. The van der Waals surface area contributed by atoms with Crippen LogP contribution in [0.25, 0.3) is 0 Å². The van der Waals surface area contributed by atoms with Gasteiger partial charge in [0.25, 0.3) is 0 Å². The number of carbonyl (C=O) groups excluding carboxylic acids is 4. The molecule has 0 aliphatic heterocycles. The highest BCUT2D eigenvalue weighted by atomic mass is 31.2. The summed E-state index contributed by atoms with van der Waals surface area (Å²) >= 11 is 0. The molecule has 0 aromatic heterocycles. The van der Waals surface area contributed by atoms with Crippen molar-refractivity contribution in [2.75, 3.05) is 39.6 Å². The smallest absolute Gasteiger partial charge is 0.462 e. The van der Waals surface area contributed by atoms with Crippen molar-refractivity contribution in [3.8, 4) is 0 Å². The fraction of sp³-hybridized carbons (Fsp3) is 0.954. The SMILES string of the molecule is CCCCCCCCCCCCCCCCCCCCCCCC(=O)OC[C@H](COP(=O)(O)OC[C@@H](O)COP(=O)(O)OC[C@@H](COC(=O)CCCCCCCCCCC(C)C)OC(=O)CCCCCCCCCCCCCCC)OC(=O)CCCCCCCCCCCCCCCCCCCCCCC. The van der Waals surface area contributed by atoms with Gasteiger partial charge in [-0.2, -0.15) is 0 Å². The van der Waals surface area contributed by atoms with Crippen LogP contribution in [0.15, 0.2) is 0 Å². The average molecular weight is 1550 g/mol. The Balaban J connectivity index is 5.21. The molecule has 0 fully saturated rings. The highest BCUT2D eigenvalue weighted by molar-refractivity contribution is 7.47. The van der Waals surface area contributed by atoms with Gasteiger partial charge in [0.15, 0.2) is 12.2 Å². The summed E-state index contributed by atoms with van der Waals surface area (Å²) in [6.07, 6.45) is 73.8. The number of phosphoric acid groups is 2. The highest BCUT2D eigenvalue weighted by Crippen LogP contribution is 2.45. The zero-order chi connectivity index (χ0) is 77.6. The van der Waals surface area contributed by atoms with Gasteiger partial charge in [0, 0.05) is 25.7 Å². The summed E-state index contributed by atoms with van der Waals surface area (Å²) < 4.78 is 68.9. The molecule has 3 N–H and O–H groups in total. The van der Waals surface area contributed by atoms with Crippen molar-refractivity contribution in [2.24, 2.45) is 5.92 Å². The van der Waals surface area contributed by atoms with Gasteiger partial charge in [0.1, 0.15) is 19.3 Å². The Morgan fingerprint density at radius 3 is 0.642 bits per heavy atom. The summed E-state index contributed by atoms with van der Waals surface area (Å²) in [4.78, 5) is 73.2. The van der Waals surface area contributed by atoms with E-state index in [1.165, 1.54) is 295 Å². The summed E-state index contributed by atoms with van der Waals surface area (Å²) in [5.74, 6) is -1.37. The normalized spacial score (nSPS) is 13.7. The fourth-order valence-electron chi connectivity index (χ4n) is 13.6. The Morgan fingerprint density at radius 1 is 0.255 bits per heavy atom. The summed E-state index contributed by atoms with van der Waals surface area (Å²) in [6, 6.07) is 0. The number of hydrogen-bond donors (Lipinski definition) is 3. The molecule has 0 spiro atoms. The molecule has 0 bridgehead atoms. The molecule has 0 saturated heterocycles. The molecule has 19 heteroatoms. The third-order valence-electron chi connectivity index (χ3n) is 20.5. The number of ether oxygens (including phenoxy) is 4. The van der Waals surface area contributed by atoms with E-state index >= 15 is 0 Å². The van der Waals surface area contributed by atoms with Gasteiger partial charge in [-0.05, 0) is 31.6 Å². The second-order valence-electron chi connectivity index (χ2n) is 31.8. The molecular formula is C87H170O17P2. The van der Waals surface area contributed by atoms with Crippen LogP contribution in [0, 0.1) is 5.92 Å². The molecule has 0 aliphatic carbocycles. The molecule has 2 unspecified atom stereocenters. The average Bonchev–Trinajstić information content (AvgIpc) is 0.906. The summed E-state index contributed by atoms with van der Waals surface area (Å²) in [6.45, 7) is 7.33. The standard InChI is InChI=1S/C87H170O17P2/c1-6-9-12-15-18-21-24-27-29-31-33-35-37-39-41-44-46-49-55-60-65-70-84(89)97-76-82(103-87(92)73-68-63-58-51-48-45-42-40-38-36-34-32-30-28-25-22-19-16-13-10-7-2)78-101-105(93,94)99-74-81(88)75-100-106(95,96)102-79-83(77-98-85(90)71-66-61-56-53-52-54-59-64-69-80(4)5)104-86(91)72-67-62-57-50-47-43-26-23-20-17-14-11-8-3/h80-83,88H,6-79H2,1-5H3,(H,93,94)(H,95,96)/t81-,82-,83-/m1/s1. The molecule has 0 rings (SSSR count). The molecule has 0 aromatic carbocycles. The summed E-state index contributed by atoms with van der Waals surface area (Å²) in [5, 5.41) is 10.7. The quantitative estimate of drug-likeness (QED) is 0.0222. The van der Waals surface area contributed by atoms with E-state index < -0.39 is 97.5 Å². The maximum atomic E-state index is 13.2.